The van der Waals surface area contributed by atoms with Crippen LogP contribution >= 0.6 is 11.6 Å². The van der Waals surface area contributed by atoms with Crippen molar-refractivity contribution in [2.75, 3.05) is 17.2 Å². The first-order chi connectivity index (χ1) is 18.5. The van der Waals surface area contributed by atoms with Crippen molar-refractivity contribution >= 4 is 39.8 Å². The van der Waals surface area contributed by atoms with Crippen LogP contribution in [0.15, 0.2) is 72.0 Å². The molecule has 1 fully saturated rings. The molecular weight excluding hydrogens is 504 g/mol. The average Bonchev–Trinajstić information content (AvgIpc) is 3.53. The topological polar surface area (TPSA) is 136 Å². The molecule has 1 aromatic carbocycles. The van der Waals surface area contributed by atoms with E-state index in [0.717, 1.165) is 17.4 Å². The highest BCUT2D eigenvalue weighted by molar-refractivity contribution is 6.33. The minimum atomic E-state index is -0.672. The van der Waals surface area contributed by atoms with Gasteiger partial charge in [0, 0.05) is 24.5 Å². The molecule has 1 aliphatic rings. The van der Waals surface area contributed by atoms with Crippen LogP contribution in [-0.4, -0.2) is 45.9 Å². The van der Waals surface area contributed by atoms with E-state index in [9.17, 15) is 4.79 Å². The Morgan fingerprint density at radius 3 is 2.66 bits per heavy atom. The number of nitrogens with zero attached hydrogens (tertiary/aromatic N) is 8. The SMILES string of the molecule is C[C@@]1(c2nn3ccc(Cl)c3c(=O)n2-c2ccccc2)CCN1c1ncnc2[nH]nc(-c3ccc(N)nc3)c12. The molecule has 0 radical (unpaired) electrons. The van der Waals surface area contributed by atoms with E-state index in [2.05, 4.69) is 37.0 Å². The summed E-state index contributed by atoms with van der Waals surface area (Å²) in [6, 6.07) is 14.7. The molecule has 5 aromatic heterocycles. The lowest BCUT2D eigenvalue weighted by atomic mass is 9.85. The molecule has 1 aliphatic heterocycles. The number of hydrogen-bond donors (Lipinski definition) is 2. The number of H-pyrrole nitrogens is 1. The van der Waals surface area contributed by atoms with E-state index in [1.165, 1.54) is 6.33 Å². The summed E-state index contributed by atoms with van der Waals surface area (Å²) < 4.78 is 3.20. The molecule has 1 saturated heterocycles. The van der Waals surface area contributed by atoms with Gasteiger partial charge in [-0.05, 0) is 43.7 Å². The molecule has 6 heterocycles. The summed E-state index contributed by atoms with van der Waals surface area (Å²) in [5, 5.41) is 13.6. The average molecular weight is 525 g/mol. The minimum Gasteiger partial charge on any atom is -0.384 e. The van der Waals surface area contributed by atoms with Crippen LogP contribution in [0.25, 0.3) is 33.5 Å². The van der Waals surface area contributed by atoms with Crippen LogP contribution in [0, 0.1) is 0 Å². The third kappa shape index (κ3) is 3.15. The van der Waals surface area contributed by atoms with Gasteiger partial charge in [0.1, 0.15) is 34.7 Å². The molecule has 1 atom stereocenters. The molecule has 6 aromatic rings. The van der Waals surface area contributed by atoms with Gasteiger partial charge in [-0.1, -0.05) is 29.8 Å². The van der Waals surface area contributed by atoms with E-state index >= 15 is 0 Å². The predicted molar refractivity (Wildman–Crippen MR) is 144 cm³/mol. The summed E-state index contributed by atoms with van der Waals surface area (Å²) in [4.78, 5) is 29.3. The van der Waals surface area contributed by atoms with Crippen molar-refractivity contribution in [2.24, 2.45) is 0 Å². The minimum absolute atomic E-state index is 0.242. The number of benzene rings is 1. The summed E-state index contributed by atoms with van der Waals surface area (Å²) in [6.45, 7) is 2.76. The monoisotopic (exact) mass is 524 g/mol. The predicted octanol–water partition coefficient (Wildman–Crippen LogP) is 3.57. The molecule has 0 unspecified atom stereocenters. The lowest BCUT2D eigenvalue weighted by Gasteiger charge is -2.51. The number of halogens is 1. The van der Waals surface area contributed by atoms with Crippen molar-refractivity contribution in [3.63, 3.8) is 0 Å². The normalized spacial score (nSPS) is 17.3. The highest BCUT2D eigenvalue weighted by atomic mass is 35.5. The van der Waals surface area contributed by atoms with Crippen molar-refractivity contribution in [1.29, 1.82) is 0 Å². The van der Waals surface area contributed by atoms with E-state index in [1.54, 1.807) is 33.6 Å². The number of pyridine rings is 1. The van der Waals surface area contributed by atoms with Gasteiger partial charge in [0.15, 0.2) is 11.5 Å². The fraction of sp³-hybridized carbons (Fsp3) is 0.154. The van der Waals surface area contributed by atoms with E-state index in [4.69, 9.17) is 22.4 Å². The number of anilines is 2. The molecule has 188 valence electrons. The highest BCUT2D eigenvalue weighted by Crippen LogP contribution is 2.45. The Balaban J connectivity index is 1.45. The van der Waals surface area contributed by atoms with Crippen molar-refractivity contribution < 1.29 is 0 Å². The lowest BCUT2D eigenvalue weighted by molar-refractivity contribution is 0.279. The van der Waals surface area contributed by atoms with Crippen molar-refractivity contribution in [2.45, 2.75) is 18.9 Å². The molecular formula is C26H21ClN10O. The van der Waals surface area contributed by atoms with Gasteiger partial charge < -0.3 is 10.6 Å². The molecule has 7 rings (SSSR count). The fourth-order valence-electron chi connectivity index (χ4n) is 5.13. The second kappa shape index (κ2) is 8.12. The van der Waals surface area contributed by atoms with Crippen LogP contribution in [0.4, 0.5) is 11.6 Å². The van der Waals surface area contributed by atoms with Gasteiger partial charge in [-0.15, -0.1) is 0 Å². The number of nitrogens with one attached hydrogen (secondary N) is 1. The molecule has 0 spiro atoms. The molecule has 12 heteroatoms. The van der Waals surface area contributed by atoms with Crippen LogP contribution in [0.5, 0.6) is 0 Å². The third-order valence-corrected chi connectivity index (χ3v) is 7.51. The van der Waals surface area contributed by atoms with E-state index in [1.807, 2.05) is 36.4 Å². The van der Waals surface area contributed by atoms with Crippen LogP contribution < -0.4 is 16.2 Å². The first kappa shape index (κ1) is 22.4. The maximum absolute atomic E-state index is 13.8. The number of nitrogens with two attached hydrogens (primary N) is 1. The summed E-state index contributed by atoms with van der Waals surface area (Å²) in [6.07, 6.45) is 5.63. The maximum Gasteiger partial charge on any atom is 0.284 e. The molecule has 0 bridgehead atoms. The van der Waals surface area contributed by atoms with Gasteiger partial charge in [0.05, 0.1) is 16.1 Å². The number of fused-ring (bicyclic) bond motifs is 2. The van der Waals surface area contributed by atoms with E-state index in [0.29, 0.717) is 51.6 Å². The van der Waals surface area contributed by atoms with Crippen LogP contribution in [0.1, 0.15) is 19.2 Å². The van der Waals surface area contributed by atoms with Gasteiger partial charge in [-0.25, -0.2) is 19.5 Å². The Labute approximate surface area is 220 Å². The quantitative estimate of drug-likeness (QED) is 0.357. The lowest BCUT2D eigenvalue weighted by Crippen LogP contribution is -2.58. The zero-order valence-electron chi connectivity index (χ0n) is 20.2. The smallest absolute Gasteiger partial charge is 0.284 e. The molecule has 0 saturated carbocycles. The Kier molecular flexibility index (Phi) is 4.79. The van der Waals surface area contributed by atoms with E-state index in [-0.39, 0.29) is 5.56 Å². The summed E-state index contributed by atoms with van der Waals surface area (Å²) in [5.74, 6) is 1.68. The molecule has 3 N–H and O–H groups in total. The van der Waals surface area contributed by atoms with Gasteiger partial charge >= 0.3 is 0 Å². The number of rotatable bonds is 4. The Morgan fingerprint density at radius 1 is 1.08 bits per heavy atom. The number of nitrogen functional groups attached to an aromatic ring is 1. The van der Waals surface area contributed by atoms with Gasteiger partial charge in [-0.2, -0.15) is 10.2 Å². The van der Waals surface area contributed by atoms with Gasteiger partial charge in [0.2, 0.25) is 0 Å². The Bertz CT molecular complexity index is 1890. The van der Waals surface area contributed by atoms with Crippen molar-refractivity contribution in [1.82, 2.24) is 39.3 Å². The molecule has 11 nitrogen and oxygen atoms in total. The first-order valence-corrected chi connectivity index (χ1v) is 12.4. The number of hydrogen-bond acceptors (Lipinski definition) is 8. The summed E-state index contributed by atoms with van der Waals surface area (Å²) in [7, 11) is 0. The molecule has 38 heavy (non-hydrogen) atoms. The van der Waals surface area contributed by atoms with Crippen molar-refractivity contribution in [3.05, 3.63) is 88.5 Å². The third-order valence-electron chi connectivity index (χ3n) is 7.20. The summed E-state index contributed by atoms with van der Waals surface area (Å²) in [5.41, 5.74) is 7.96. The van der Waals surface area contributed by atoms with Gasteiger partial charge in [-0.3, -0.25) is 14.5 Å². The largest absolute Gasteiger partial charge is 0.384 e. The highest BCUT2D eigenvalue weighted by Gasteiger charge is 2.48. The maximum atomic E-state index is 13.8. The zero-order valence-corrected chi connectivity index (χ0v) is 21.0. The standard InChI is InChI=1S/C26H21ClN10O/c1-26(25-34-36-11-9-17(27)21(36)24(38)37(25)16-5-3-2-4-6-16)10-12-35(26)23-19-20(15-7-8-18(28)29-13-15)32-33-22(19)30-14-31-23/h2-9,11,13-14H,10,12H2,1H3,(H2,28,29)(H,30,31,32,33)/t26-/m0/s1. The van der Waals surface area contributed by atoms with E-state index < -0.39 is 5.54 Å². The van der Waals surface area contributed by atoms with Gasteiger partial charge in [0.25, 0.3) is 5.56 Å². The van der Waals surface area contributed by atoms with Crippen LogP contribution in [-0.2, 0) is 5.54 Å². The second-order valence-corrected chi connectivity index (χ2v) is 9.80. The Hall–Kier alpha value is -4.77. The first-order valence-electron chi connectivity index (χ1n) is 12.0. The summed E-state index contributed by atoms with van der Waals surface area (Å²) >= 11 is 6.39. The molecule has 0 aliphatic carbocycles. The second-order valence-electron chi connectivity index (χ2n) is 9.40. The molecule has 0 amide bonds. The zero-order chi connectivity index (χ0) is 26.0. The fourth-order valence-corrected chi connectivity index (χ4v) is 5.35. The number of para-hydroxylation sites is 1. The number of aromatic amines is 1. The van der Waals surface area contributed by atoms with Crippen molar-refractivity contribution in [3.8, 4) is 16.9 Å². The van der Waals surface area contributed by atoms with Crippen LogP contribution in [0.3, 0.4) is 0 Å². The van der Waals surface area contributed by atoms with Crippen LogP contribution in [0.2, 0.25) is 5.02 Å². The Morgan fingerprint density at radius 2 is 1.92 bits per heavy atom. The number of aromatic nitrogens is 8.